The average molecular weight is 185 g/mol. The van der Waals surface area contributed by atoms with Crippen LogP contribution in [0.4, 0.5) is 0 Å². The van der Waals surface area contributed by atoms with Crippen LogP contribution in [0.2, 0.25) is 0 Å². The molecule has 1 heterocycles. The van der Waals surface area contributed by atoms with Gasteiger partial charge in [0.05, 0.1) is 13.2 Å². The second kappa shape index (κ2) is 2.96. The molecule has 1 N–H and O–H groups in total. The zero-order valence-corrected chi connectivity index (χ0v) is 7.82. The second-order valence-corrected chi connectivity index (χ2v) is 4.02. The third-order valence-corrected chi connectivity index (χ3v) is 2.78. The molecular weight excluding hydrogens is 170 g/mol. The lowest BCUT2D eigenvalue weighted by Crippen LogP contribution is -2.47. The number of aliphatic hydroxyl groups is 1. The van der Waals surface area contributed by atoms with Crippen LogP contribution >= 0.6 is 0 Å². The predicted molar refractivity (Wildman–Crippen MR) is 45.6 cm³/mol. The Balaban J connectivity index is 2.01. The molecule has 1 atom stereocenters. The van der Waals surface area contributed by atoms with E-state index in [1.807, 2.05) is 0 Å². The summed E-state index contributed by atoms with van der Waals surface area (Å²) >= 11 is 0. The average Bonchev–Trinajstić information content (AvgIpc) is 2.82. The Labute approximate surface area is 77.4 Å². The van der Waals surface area contributed by atoms with E-state index in [2.05, 4.69) is 0 Å². The van der Waals surface area contributed by atoms with Crippen molar-refractivity contribution in [1.29, 1.82) is 0 Å². The fourth-order valence-electron chi connectivity index (χ4n) is 1.68. The van der Waals surface area contributed by atoms with Gasteiger partial charge < -0.3 is 5.11 Å². The van der Waals surface area contributed by atoms with Crippen LogP contribution in [0.5, 0.6) is 0 Å². The van der Waals surface area contributed by atoms with Crippen LogP contribution in [0.1, 0.15) is 26.2 Å². The standard InChI is InChI=1S/C9H15NO3/c1-9(12,7-3-4-7)8(11)10-5-2-6-13-10/h7,12H,2-6H2,1H3. The van der Waals surface area contributed by atoms with Gasteiger partial charge in [0, 0.05) is 0 Å². The van der Waals surface area contributed by atoms with E-state index in [9.17, 15) is 9.90 Å². The topological polar surface area (TPSA) is 49.8 Å². The van der Waals surface area contributed by atoms with E-state index in [0.29, 0.717) is 13.2 Å². The molecule has 0 aromatic rings. The van der Waals surface area contributed by atoms with Crippen molar-refractivity contribution in [3.63, 3.8) is 0 Å². The zero-order chi connectivity index (χ0) is 9.47. The van der Waals surface area contributed by atoms with Gasteiger partial charge in [-0.2, -0.15) is 0 Å². The van der Waals surface area contributed by atoms with Crippen molar-refractivity contribution in [2.45, 2.75) is 31.8 Å². The maximum atomic E-state index is 11.7. The van der Waals surface area contributed by atoms with Crippen molar-refractivity contribution in [3.8, 4) is 0 Å². The number of carbonyl (C=O) groups excluding carboxylic acids is 1. The molecule has 2 fully saturated rings. The van der Waals surface area contributed by atoms with Gasteiger partial charge in [-0.25, -0.2) is 5.06 Å². The Morgan fingerprint density at radius 3 is 2.77 bits per heavy atom. The summed E-state index contributed by atoms with van der Waals surface area (Å²) < 4.78 is 0. The number of hydrogen-bond acceptors (Lipinski definition) is 3. The van der Waals surface area contributed by atoms with Crippen molar-refractivity contribution in [2.24, 2.45) is 5.92 Å². The first-order valence-electron chi connectivity index (χ1n) is 4.79. The molecule has 1 aliphatic heterocycles. The molecule has 1 aliphatic carbocycles. The first-order chi connectivity index (χ1) is 6.12. The number of carbonyl (C=O) groups is 1. The van der Waals surface area contributed by atoms with Gasteiger partial charge in [0.1, 0.15) is 5.60 Å². The van der Waals surface area contributed by atoms with E-state index in [0.717, 1.165) is 19.3 Å². The molecule has 1 amide bonds. The van der Waals surface area contributed by atoms with Crippen molar-refractivity contribution < 1.29 is 14.7 Å². The highest BCUT2D eigenvalue weighted by Crippen LogP contribution is 2.40. The molecule has 0 aromatic carbocycles. The monoisotopic (exact) mass is 185 g/mol. The van der Waals surface area contributed by atoms with Gasteiger partial charge in [-0.15, -0.1) is 0 Å². The van der Waals surface area contributed by atoms with E-state index < -0.39 is 5.60 Å². The normalized spacial score (nSPS) is 27.4. The smallest absolute Gasteiger partial charge is 0.278 e. The highest BCUT2D eigenvalue weighted by molar-refractivity contribution is 5.84. The summed E-state index contributed by atoms with van der Waals surface area (Å²) in [5.41, 5.74) is -1.20. The molecule has 1 saturated carbocycles. The largest absolute Gasteiger partial charge is 0.380 e. The number of hydrogen-bond donors (Lipinski definition) is 1. The lowest BCUT2D eigenvalue weighted by Gasteiger charge is -2.26. The van der Waals surface area contributed by atoms with Crippen LogP contribution in [0.25, 0.3) is 0 Å². The predicted octanol–water partition coefficient (Wildman–Crippen LogP) is 0.311. The molecule has 74 valence electrons. The third kappa shape index (κ3) is 1.56. The molecule has 0 radical (unpaired) electrons. The molecule has 0 aromatic heterocycles. The summed E-state index contributed by atoms with van der Waals surface area (Å²) in [5.74, 6) is -0.128. The molecule has 1 unspecified atom stereocenters. The molecule has 2 aliphatic rings. The van der Waals surface area contributed by atoms with Crippen LogP contribution in [-0.2, 0) is 9.63 Å². The summed E-state index contributed by atoms with van der Waals surface area (Å²) in [6.45, 7) is 2.79. The van der Waals surface area contributed by atoms with Crippen LogP contribution in [0.3, 0.4) is 0 Å². The van der Waals surface area contributed by atoms with Gasteiger partial charge in [-0.05, 0) is 32.1 Å². The molecule has 1 saturated heterocycles. The van der Waals surface area contributed by atoms with Gasteiger partial charge in [-0.3, -0.25) is 9.63 Å². The lowest BCUT2D eigenvalue weighted by atomic mass is 9.99. The molecule has 4 heteroatoms. The SMILES string of the molecule is CC(O)(C(=O)N1CCCO1)C1CC1. The van der Waals surface area contributed by atoms with Crippen molar-refractivity contribution in [1.82, 2.24) is 5.06 Å². The van der Waals surface area contributed by atoms with Crippen molar-refractivity contribution in [2.75, 3.05) is 13.2 Å². The van der Waals surface area contributed by atoms with Crippen LogP contribution < -0.4 is 0 Å². The van der Waals surface area contributed by atoms with Crippen molar-refractivity contribution in [3.05, 3.63) is 0 Å². The van der Waals surface area contributed by atoms with Crippen molar-refractivity contribution >= 4 is 5.91 Å². The number of rotatable bonds is 2. The minimum Gasteiger partial charge on any atom is -0.380 e. The number of hydroxylamine groups is 2. The summed E-state index contributed by atoms with van der Waals surface area (Å²) in [7, 11) is 0. The minimum atomic E-state index is -1.20. The molecule has 4 nitrogen and oxygen atoms in total. The van der Waals surface area contributed by atoms with E-state index in [1.165, 1.54) is 5.06 Å². The van der Waals surface area contributed by atoms with E-state index in [4.69, 9.17) is 4.84 Å². The summed E-state index contributed by atoms with van der Waals surface area (Å²) in [6.07, 6.45) is 2.77. The van der Waals surface area contributed by atoms with Crippen LogP contribution in [0.15, 0.2) is 0 Å². The first-order valence-corrected chi connectivity index (χ1v) is 4.79. The molecule has 0 spiro atoms. The summed E-state index contributed by atoms with van der Waals surface area (Å²) in [5, 5.41) is 11.2. The van der Waals surface area contributed by atoms with Gasteiger partial charge in [-0.1, -0.05) is 0 Å². The summed E-state index contributed by atoms with van der Waals surface area (Å²) in [6, 6.07) is 0. The van der Waals surface area contributed by atoms with Gasteiger partial charge in [0.2, 0.25) is 0 Å². The fourth-order valence-corrected chi connectivity index (χ4v) is 1.68. The Morgan fingerprint density at radius 2 is 2.31 bits per heavy atom. The Hall–Kier alpha value is -0.610. The lowest BCUT2D eigenvalue weighted by molar-refractivity contribution is -0.189. The highest BCUT2D eigenvalue weighted by atomic mass is 16.7. The van der Waals surface area contributed by atoms with Crippen LogP contribution in [-0.4, -0.2) is 34.8 Å². The fraction of sp³-hybridized carbons (Fsp3) is 0.889. The number of nitrogens with zero attached hydrogens (tertiary/aromatic N) is 1. The number of amides is 1. The minimum absolute atomic E-state index is 0.143. The van der Waals surface area contributed by atoms with E-state index in [-0.39, 0.29) is 11.8 Å². The molecule has 2 rings (SSSR count). The maximum Gasteiger partial charge on any atom is 0.278 e. The van der Waals surface area contributed by atoms with E-state index in [1.54, 1.807) is 6.92 Å². The molecule has 0 bridgehead atoms. The quantitative estimate of drug-likeness (QED) is 0.673. The maximum absolute atomic E-state index is 11.7. The van der Waals surface area contributed by atoms with E-state index >= 15 is 0 Å². The van der Waals surface area contributed by atoms with Gasteiger partial charge >= 0.3 is 0 Å². The molecular formula is C9H15NO3. The summed E-state index contributed by atoms with van der Waals surface area (Å²) in [4.78, 5) is 16.8. The first kappa shape index (κ1) is 8.97. The second-order valence-electron chi connectivity index (χ2n) is 4.02. The van der Waals surface area contributed by atoms with Crippen LogP contribution in [0, 0.1) is 5.92 Å². The highest BCUT2D eigenvalue weighted by Gasteiger charge is 2.48. The zero-order valence-electron chi connectivity index (χ0n) is 7.82. The van der Waals surface area contributed by atoms with Gasteiger partial charge in [0.15, 0.2) is 0 Å². The Bertz CT molecular complexity index is 217. The Morgan fingerprint density at radius 1 is 1.62 bits per heavy atom. The third-order valence-electron chi connectivity index (χ3n) is 2.78. The molecule has 13 heavy (non-hydrogen) atoms. The Kier molecular flexibility index (Phi) is 2.04. The van der Waals surface area contributed by atoms with Gasteiger partial charge in [0.25, 0.3) is 5.91 Å².